The lowest BCUT2D eigenvalue weighted by atomic mass is 9.92. The Morgan fingerprint density at radius 3 is 2.87 bits per heavy atom. The molecular weight excluding hydrogens is 184 g/mol. The first kappa shape index (κ1) is 11.2. The first-order valence-electron chi connectivity index (χ1n) is 6.52. The second-order valence-corrected chi connectivity index (χ2v) is 5.20. The van der Waals surface area contributed by atoms with Crippen LogP contribution in [0.1, 0.15) is 57.8 Å². The summed E-state index contributed by atoms with van der Waals surface area (Å²) >= 11 is 0. The topological polar surface area (TPSA) is 38.0 Å². The molecule has 0 aromatic carbocycles. The van der Waals surface area contributed by atoms with E-state index in [-0.39, 0.29) is 0 Å². The van der Waals surface area contributed by atoms with Gasteiger partial charge >= 0.3 is 0 Å². The summed E-state index contributed by atoms with van der Waals surface area (Å²) in [5.41, 5.74) is 4.63. The number of hydrogen-bond acceptors (Lipinski definition) is 2. The van der Waals surface area contributed by atoms with Crippen LogP contribution in [0.4, 0.5) is 0 Å². The minimum absolute atomic E-state index is 0.523. The van der Waals surface area contributed by atoms with E-state index in [4.69, 9.17) is 5.84 Å². The third-order valence-corrected chi connectivity index (χ3v) is 3.75. The third kappa shape index (κ3) is 3.96. The van der Waals surface area contributed by atoms with Crippen molar-refractivity contribution in [1.29, 1.82) is 0 Å². The Hall–Kier alpha value is -0.340. The van der Waals surface area contributed by atoms with Gasteiger partial charge in [0.25, 0.3) is 0 Å². The van der Waals surface area contributed by atoms with Gasteiger partial charge in [-0.25, -0.2) is 0 Å². The van der Waals surface area contributed by atoms with Crippen LogP contribution in [0.15, 0.2) is 11.6 Å². The Kier molecular flexibility index (Phi) is 4.21. The molecule has 86 valence electrons. The maximum atomic E-state index is 5.62. The van der Waals surface area contributed by atoms with Gasteiger partial charge in [-0.15, -0.1) is 0 Å². The molecule has 0 heterocycles. The largest absolute Gasteiger partial charge is 0.271 e. The Labute approximate surface area is 93.3 Å². The number of hydrogen-bond donors (Lipinski definition) is 2. The molecule has 0 saturated heterocycles. The van der Waals surface area contributed by atoms with Gasteiger partial charge in [0.15, 0.2) is 0 Å². The normalized spacial score (nSPS) is 23.7. The maximum Gasteiger partial charge on any atom is 0.0247 e. The average Bonchev–Trinajstić information content (AvgIpc) is 3.09. The van der Waals surface area contributed by atoms with Crippen LogP contribution in [0.3, 0.4) is 0 Å². The summed E-state index contributed by atoms with van der Waals surface area (Å²) in [6.07, 6.45) is 14.5. The molecule has 3 N–H and O–H groups in total. The van der Waals surface area contributed by atoms with Gasteiger partial charge in [0.05, 0.1) is 0 Å². The molecule has 1 saturated carbocycles. The fraction of sp³-hybridized carbons (Fsp3) is 0.846. The predicted octanol–water partition coefficient (Wildman–Crippen LogP) is 2.90. The Morgan fingerprint density at radius 2 is 2.27 bits per heavy atom. The van der Waals surface area contributed by atoms with Crippen LogP contribution < -0.4 is 11.3 Å². The molecule has 2 aliphatic rings. The van der Waals surface area contributed by atoms with E-state index in [1.54, 1.807) is 5.57 Å². The molecule has 0 aromatic heterocycles. The van der Waals surface area contributed by atoms with Gasteiger partial charge in [-0.05, 0) is 50.9 Å². The van der Waals surface area contributed by atoms with Gasteiger partial charge < -0.3 is 0 Å². The van der Waals surface area contributed by atoms with Crippen molar-refractivity contribution in [2.75, 3.05) is 0 Å². The summed E-state index contributed by atoms with van der Waals surface area (Å²) in [7, 11) is 0. The SMILES string of the molecule is NNC(CCC1CC1)CC1=CCCCC1. The molecule has 0 radical (unpaired) electrons. The van der Waals surface area contributed by atoms with Crippen LogP contribution in [0.5, 0.6) is 0 Å². The zero-order valence-electron chi connectivity index (χ0n) is 9.67. The van der Waals surface area contributed by atoms with Gasteiger partial charge in [-0.2, -0.15) is 0 Å². The van der Waals surface area contributed by atoms with Gasteiger partial charge in [-0.1, -0.05) is 24.5 Å². The number of nitrogens with one attached hydrogen (secondary N) is 1. The van der Waals surface area contributed by atoms with Gasteiger partial charge in [0, 0.05) is 6.04 Å². The van der Waals surface area contributed by atoms with Crippen molar-refractivity contribution in [1.82, 2.24) is 5.43 Å². The minimum Gasteiger partial charge on any atom is -0.271 e. The predicted molar refractivity (Wildman–Crippen MR) is 64.2 cm³/mol. The molecule has 0 aromatic rings. The third-order valence-electron chi connectivity index (χ3n) is 3.75. The highest BCUT2D eigenvalue weighted by molar-refractivity contribution is 5.06. The molecule has 1 atom stereocenters. The number of hydrazine groups is 1. The molecule has 0 amide bonds. The zero-order chi connectivity index (χ0) is 10.5. The fourth-order valence-electron chi connectivity index (χ4n) is 2.49. The van der Waals surface area contributed by atoms with Crippen molar-refractivity contribution < 1.29 is 0 Å². The van der Waals surface area contributed by atoms with Crippen LogP contribution in [0.2, 0.25) is 0 Å². The summed E-state index contributed by atoms with van der Waals surface area (Å²) in [5.74, 6) is 6.65. The quantitative estimate of drug-likeness (QED) is 0.400. The molecule has 2 aliphatic carbocycles. The molecule has 0 bridgehead atoms. The highest BCUT2D eigenvalue weighted by atomic mass is 15.2. The molecular formula is C13H24N2. The van der Waals surface area contributed by atoms with Crippen molar-refractivity contribution in [3.63, 3.8) is 0 Å². The zero-order valence-corrected chi connectivity index (χ0v) is 9.67. The molecule has 2 rings (SSSR count). The number of allylic oxidation sites excluding steroid dienone is 1. The lowest BCUT2D eigenvalue weighted by Gasteiger charge is -2.20. The van der Waals surface area contributed by atoms with E-state index in [0.29, 0.717) is 6.04 Å². The highest BCUT2D eigenvalue weighted by Crippen LogP contribution is 2.34. The highest BCUT2D eigenvalue weighted by Gasteiger charge is 2.22. The van der Waals surface area contributed by atoms with Crippen LogP contribution in [-0.4, -0.2) is 6.04 Å². The molecule has 0 aliphatic heterocycles. The Balaban J connectivity index is 1.70. The molecule has 15 heavy (non-hydrogen) atoms. The second-order valence-electron chi connectivity index (χ2n) is 5.20. The lowest BCUT2D eigenvalue weighted by Crippen LogP contribution is -2.35. The number of rotatable bonds is 6. The van der Waals surface area contributed by atoms with Gasteiger partial charge in [0.2, 0.25) is 0 Å². The van der Waals surface area contributed by atoms with Crippen molar-refractivity contribution in [3.05, 3.63) is 11.6 Å². The van der Waals surface area contributed by atoms with E-state index in [9.17, 15) is 0 Å². The maximum absolute atomic E-state index is 5.62. The summed E-state index contributed by atoms with van der Waals surface area (Å²) in [5, 5.41) is 0. The van der Waals surface area contributed by atoms with E-state index in [1.807, 2.05) is 0 Å². The van der Waals surface area contributed by atoms with Crippen molar-refractivity contribution in [2.45, 2.75) is 63.8 Å². The van der Waals surface area contributed by atoms with Crippen molar-refractivity contribution in [2.24, 2.45) is 11.8 Å². The molecule has 0 spiro atoms. The first-order chi connectivity index (χ1) is 7.38. The van der Waals surface area contributed by atoms with Crippen molar-refractivity contribution in [3.8, 4) is 0 Å². The fourth-order valence-corrected chi connectivity index (χ4v) is 2.49. The smallest absolute Gasteiger partial charge is 0.0247 e. The van der Waals surface area contributed by atoms with Gasteiger partial charge in [0.1, 0.15) is 0 Å². The average molecular weight is 208 g/mol. The van der Waals surface area contributed by atoms with Crippen LogP contribution >= 0.6 is 0 Å². The van der Waals surface area contributed by atoms with Crippen LogP contribution in [0, 0.1) is 5.92 Å². The lowest BCUT2D eigenvalue weighted by molar-refractivity contribution is 0.452. The summed E-state index contributed by atoms with van der Waals surface area (Å²) in [6.45, 7) is 0. The van der Waals surface area contributed by atoms with Crippen molar-refractivity contribution >= 4 is 0 Å². The number of nitrogens with two attached hydrogens (primary N) is 1. The molecule has 2 nitrogen and oxygen atoms in total. The minimum atomic E-state index is 0.523. The summed E-state index contributed by atoms with van der Waals surface area (Å²) in [4.78, 5) is 0. The molecule has 2 heteroatoms. The standard InChI is InChI=1S/C13H24N2/c14-15-13(9-8-11-6-7-11)10-12-4-2-1-3-5-12/h4,11,13,15H,1-3,5-10,14H2. The molecule has 1 fully saturated rings. The molecule has 1 unspecified atom stereocenters. The van der Waals surface area contributed by atoms with Gasteiger partial charge in [-0.3, -0.25) is 11.3 Å². The van der Waals surface area contributed by atoms with Crippen LogP contribution in [-0.2, 0) is 0 Å². The first-order valence-corrected chi connectivity index (χ1v) is 6.52. The van der Waals surface area contributed by atoms with E-state index >= 15 is 0 Å². The van der Waals surface area contributed by atoms with E-state index in [0.717, 1.165) is 5.92 Å². The summed E-state index contributed by atoms with van der Waals surface area (Å²) < 4.78 is 0. The monoisotopic (exact) mass is 208 g/mol. The Morgan fingerprint density at radius 1 is 1.40 bits per heavy atom. The van der Waals surface area contributed by atoms with E-state index in [1.165, 1.54) is 57.8 Å². The van der Waals surface area contributed by atoms with E-state index < -0.39 is 0 Å². The summed E-state index contributed by atoms with van der Waals surface area (Å²) in [6, 6.07) is 0.523. The van der Waals surface area contributed by atoms with Crippen LogP contribution in [0.25, 0.3) is 0 Å². The second kappa shape index (κ2) is 5.66. The van der Waals surface area contributed by atoms with E-state index in [2.05, 4.69) is 11.5 Å². The Bertz CT molecular complexity index is 219.